The van der Waals surface area contributed by atoms with Crippen LogP contribution in [0.1, 0.15) is 28.5 Å². The van der Waals surface area contributed by atoms with Crippen LogP contribution < -0.4 is 15.6 Å². The number of rotatable bonds is 8. The van der Waals surface area contributed by atoms with Crippen molar-refractivity contribution >= 4 is 35.1 Å². The van der Waals surface area contributed by atoms with Crippen LogP contribution in [0, 0.1) is 0 Å². The smallest absolute Gasteiger partial charge is 0.305 e. The molecule has 178 valence electrons. The van der Waals surface area contributed by atoms with Crippen molar-refractivity contribution in [3.8, 4) is 17.2 Å². The SMILES string of the molecule is O=C(O)CC(NC(=O)c1cc(=O)n(-c2ccc(Cl)cc2)[nH]1)c1cccc(Oc2ccc(Cl)cc2)c1. The Morgan fingerprint density at radius 3 is 2.26 bits per heavy atom. The van der Waals surface area contributed by atoms with Gasteiger partial charge in [-0.25, -0.2) is 4.68 Å². The summed E-state index contributed by atoms with van der Waals surface area (Å²) in [5.41, 5.74) is 0.541. The zero-order valence-electron chi connectivity index (χ0n) is 18.1. The molecule has 3 aromatic carbocycles. The van der Waals surface area contributed by atoms with Gasteiger partial charge in [0.1, 0.15) is 17.2 Å². The van der Waals surface area contributed by atoms with Gasteiger partial charge in [0.25, 0.3) is 11.5 Å². The molecule has 3 N–H and O–H groups in total. The van der Waals surface area contributed by atoms with Crippen LogP contribution in [0.3, 0.4) is 0 Å². The largest absolute Gasteiger partial charge is 0.481 e. The van der Waals surface area contributed by atoms with E-state index < -0.39 is 23.5 Å². The van der Waals surface area contributed by atoms with Gasteiger partial charge in [0.05, 0.1) is 18.2 Å². The summed E-state index contributed by atoms with van der Waals surface area (Å²) in [7, 11) is 0. The molecule has 0 bridgehead atoms. The molecular formula is C25H19Cl2N3O5. The summed E-state index contributed by atoms with van der Waals surface area (Å²) in [5.74, 6) is -0.736. The Morgan fingerprint density at radius 2 is 1.60 bits per heavy atom. The lowest BCUT2D eigenvalue weighted by atomic mass is 10.0. The number of amides is 1. The van der Waals surface area contributed by atoms with E-state index in [9.17, 15) is 19.5 Å². The highest BCUT2D eigenvalue weighted by molar-refractivity contribution is 6.30. The molecule has 4 rings (SSSR count). The number of halogens is 2. The summed E-state index contributed by atoms with van der Waals surface area (Å²) in [5, 5.41) is 15.9. The summed E-state index contributed by atoms with van der Waals surface area (Å²) in [6.07, 6.45) is -0.377. The fraction of sp³-hybridized carbons (Fsp3) is 0.0800. The molecule has 0 radical (unpaired) electrons. The molecule has 0 aliphatic heterocycles. The van der Waals surface area contributed by atoms with E-state index in [1.54, 1.807) is 72.8 Å². The van der Waals surface area contributed by atoms with Gasteiger partial charge in [0.15, 0.2) is 0 Å². The number of carbonyl (C=O) groups is 2. The molecule has 35 heavy (non-hydrogen) atoms. The predicted molar refractivity (Wildman–Crippen MR) is 132 cm³/mol. The van der Waals surface area contributed by atoms with Crippen LogP contribution >= 0.6 is 23.2 Å². The van der Waals surface area contributed by atoms with Gasteiger partial charge in [-0.1, -0.05) is 35.3 Å². The van der Waals surface area contributed by atoms with E-state index in [0.717, 1.165) is 6.07 Å². The van der Waals surface area contributed by atoms with Crippen molar-refractivity contribution in [1.82, 2.24) is 15.1 Å². The quantitative estimate of drug-likeness (QED) is 0.300. The molecule has 10 heteroatoms. The van der Waals surface area contributed by atoms with Crippen LogP contribution in [0.5, 0.6) is 11.5 Å². The Labute approximate surface area is 209 Å². The molecule has 1 heterocycles. The number of carboxylic acids is 1. The Bertz CT molecular complexity index is 1410. The van der Waals surface area contributed by atoms with E-state index in [-0.39, 0.29) is 12.1 Å². The number of aromatic nitrogens is 2. The Kier molecular flexibility index (Phi) is 7.24. The van der Waals surface area contributed by atoms with Gasteiger partial charge in [-0.2, -0.15) is 0 Å². The van der Waals surface area contributed by atoms with Gasteiger partial charge in [0.2, 0.25) is 0 Å². The fourth-order valence-corrected chi connectivity index (χ4v) is 3.64. The average molecular weight is 512 g/mol. The average Bonchev–Trinajstić information content (AvgIpc) is 3.22. The lowest BCUT2D eigenvalue weighted by molar-refractivity contribution is -0.137. The number of hydrogen-bond acceptors (Lipinski definition) is 4. The number of carbonyl (C=O) groups excluding carboxylic acids is 1. The zero-order valence-corrected chi connectivity index (χ0v) is 19.6. The minimum Gasteiger partial charge on any atom is -0.481 e. The van der Waals surface area contributed by atoms with E-state index in [1.807, 2.05) is 0 Å². The monoisotopic (exact) mass is 511 g/mol. The molecule has 4 aromatic rings. The van der Waals surface area contributed by atoms with Crippen molar-refractivity contribution in [2.75, 3.05) is 0 Å². The molecule has 0 aliphatic carbocycles. The van der Waals surface area contributed by atoms with Gasteiger partial charge >= 0.3 is 5.97 Å². The number of carboxylic acid groups (broad SMARTS) is 1. The molecule has 1 atom stereocenters. The second-order valence-electron chi connectivity index (χ2n) is 7.57. The first-order valence-corrected chi connectivity index (χ1v) is 11.2. The fourth-order valence-electron chi connectivity index (χ4n) is 3.39. The highest BCUT2D eigenvalue weighted by atomic mass is 35.5. The highest BCUT2D eigenvalue weighted by Gasteiger charge is 2.21. The molecule has 1 amide bonds. The minimum absolute atomic E-state index is 0.0195. The van der Waals surface area contributed by atoms with Gasteiger partial charge in [-0.3, -0.25) is 19.5 Å². The number of ether oxygens (including phenoxy) is 1. The number of benzene rings is 3. The third-order valence-corrected chi connectivity index (χ3v) is 5.55. The maximum Gasteiger partial charge on any atom is 0.305 e. The molecule has 0 spiro atoms. The number of aromatic amines is 1. The van der Waals surface area contributed by atoms with Crippen LogP contribution in [0.2, 0.25) is 10.0 Å². The molecule has 8 nitrogen and oxygen atoms in total. The van der Waals surface area contributed by atoms with Crippen LogP contribution in [-0.2, 0) is 4.79 Å². The summed E-state index contributed by atoms with van der Waals surface area (Å²) < 4.78 is 7.01. The minimum atomic E-state index is -1.11. The molecule has 0 saturated heterocycles. The molecule has 0 aliphatic rings. The summed E-state index contributed by atoms with van der Waals surface area (Å²) in [4.78, 5) is 36.8. The van der Waals surface area contributed by atoms with Crippen LogP contribution in [-0.4, -0.2) is 26.8 Å². The number of aliphatic carboxylic acids is 1. The number of nitrogens with zero attached hydrogens (tertiary/aromatic N) is 1. The summed E-state index contributed by atoms with van der Waals surface area (Å²) in [6, 6.07) is 20.3. The van der Waals surface area contributed by atoms with E-state index in [1.165, 1.54) is 4.68 Å². The van der Waals surface area contributed by atoms with Crippen LogP contribution in [0.4, 0.5) is 0 Å². The number of H-pyrrole nitrogens is 1. The highest BCUT2D eigenvalue weighted by Crippen LogP contribution is 2.27. The maximum atomic E-state index is 12.9. The van der Waals surface area contributed by atoms with Crippen molar-refractivity contribution in [3.63, 3.8) is 0 Å². The first-order valence-electron chi connectivity index (χ1n) is 10.4. The predicted octanol–water partition coefficient (Wildman–Crippen LogP) is 5.21. The second-order valence-corrected chi connectivity index (χ2v) is 8.45. The molecular weight excluding hydrogens is 493 g/mol. The third-order valence-electron chi connectivity index (χ3n) is 5.04. The second kappa shape index (κ2) is 10.5. The molecule has 1 unspecified atom stereocenters. The summed E-state index contributed by atoms with van der Waals surface area (Å²) >= 11 is 11.8. The first kappa shape index (κ1) is 24.1. The van der Waals surface area contributed by atoms with Gasteiger partial charge in [-0.05, 0) is 66.2 Å². The van der Waals surface area contributed by atoms with Gasteiger partial charge in [0, 0.05) is 16.1 Å². The van der Waals surface area contributed by atoms with Crippen molar-refractivity contribution < 1.29 is 19.4 Å². The summed E-state index contributed by atoms with van der Waals surface area (Å²) in [6.45, 7) is 0. The van der Waals surface area contributed by atoms with Gasteiger partial charge in [-0.15, -0.1) is 0 Å². The molecule has 0 fully saturated rings. The van der Waals surface area contributed by atoms with Crippen LogP contribution in [0.15, 0.2) is 83.7 Å². The van der Waals surface area contributed by atoms with E-state index in [0.29, 0.717) is 32.8 Å². The molecule has 1 aromatic heterocycles. The zero-order chi connectivity index (χ0) is 24.9. The standard InChI is InChI=1S/C25H19Cl2N3O5/c26-16-4-8-18(9-5-16)30-23(31)13-22(29-30)25(34)28-21(14-24(32)33)15-2-1-3-20(12-15)35-19-10-6-17(27)7-11-19/h1-13,21,29H,14H2,(H,28,34)(H,32,33). The van der Waals surface area contributed by atoms with E-state index in [2.05, 4.69) is 10.4 Å². The lowest BCUT2D eigenvalue weighted by Gasteiger charge is -2.18. The Balaban J connectivity index is 1.56. The van der Waals surface area contributed by atoms with Crippen molar-refractivity contribution in [2.24, 2.45) is 0 Å². The number of nitrogens with one attached hydrogen (secondary N) is 2. The normalized spacial score (nSPS) is 11.6. The van der Waals surface area contributed by atoms with Gasteiger partial charge < -0.3 is 15.2 Å². The molecule has 0 saturated carbocycles. The third kappa shape index (κ3) is 6.11. The first-order chi connectivity index (χ1) is 16.8. The van der Waals surface area contributed by atoms with Crippen molar-refractivity contribution in [1.29, 1.82) is 0 Å². The number of hydrogen-bond donors (Lipinski definition) is 3. The Hall–Kier alpha value is -4.01. The van der Waals surface area contributed by atoms with E-state index >= 15 is 0 Å². The Morgan fingerprint density at radius 1 is 0.943 bits per heavy atom. The maximum absolute atomic E-state index is 12.9. The van der Waals surface area contributed by atoms with E-state index in [4.69, 9.17) is 27.9 Å². The van der Waals surface area contributed by atoms with Crippen LogP contribution in [0.25, 0.3) is 5.69 Å². The van der Waals surface area contributed by atoms with Crippen molar-refractivity contribution in [3.05, 3.63) is 111 Å². The van der Waals surface area contributed by atoms with Crippen molar-refractivity contribution in [2.45, 2.75) is 12.5 Å². The topological polar surface area (TPSA) is 113 Å². The lowest BCUT2D eigenvalue weighted by Crippen LogP contribution is -2.30.